The number of hydrogen-bond acceptors (Lipinski definition) is 4. The highest BCUT2D eigenvalue weighted by Crippen LogP contribution is 2.29. The van der Waals surface area contributed by atoms with E-state index in [2.05, 4.69) is 16.9 Å². The number of ether oxygens (including phenoxy) is 1. The van der Waals surface area contributed by atoms with Crippen molar-refractivity contribution in [3.05, 3.63) is 24.5 Å². The van der Waals surface area contributed by atoms with Crippen molar-refractivity contribution in [1.29, 1.82) is 0 Å². The first-order valence-electron chi connectivity index (χ1n) is 7.78. The molecule has 5 heteroatoms. The molecule has 0 aromatic carbocycles. The molecule has 1 aromatic heterocycles. The maximum atomic E-state index is 12.5. The Bertz CT molecular complexity index is 480. The second kappa shape index (κ2) is 6.43. The Morgan fingerprint density at radius 2 is 2.14 bits per heavy atom. The lowest BCUT2D eigenvalue weighted by Crippen LogP contribution is -2.48. The van der Waals surface area contributed by atoms with Gasteiger partial charge in [0.2, 0.25) is 0 Å². The summed E-state index contributed by atoms with van der Waals surface area (Å²) in [4.78, 5) is 20.9. The van der Waals surface area contributed by atoms with Gasteiger partial charge in [0.1, 0.15) is 5.75 Å². The van der Waals surface area contributed by atoms with E-state index < -0.39 is 0 Å². The van der Waals surface area contributed by atoms with Gasteiger partial charge in [0.05, 0.1) is 6.20 Å². The summed E-state index contributed by atoms with van der Waals surface area (Å²) in [6.07, 6.45) is 8.00. The third kappa shape index (κ3) is 3.18. The Balaban J connectivity index is 1.58. The highest BCUT2D eigenvalue weighted by atomic mass is 16.5. The summed E-state index contributed by atoms with van der Waals surface area (Å²) in [5.41, 5.74) is 0. The molecule has 0 radical (unpaired) electrons. The molecule has 0 aliphatic carbocycles. The van der Waals surface area contributed by atoms with E-state index in [-0.39, 0.29) is 12.5 Å². The number of likely N-dealkylation sites (N-methyl/N-ethyl adjacent to an activating group) is 1. The third-order valence-corrected chi connectivity index (χ3v) is 4.64. The Morgan fingerprint density at radius 1 is 1.33 bits per heavy atom. The molecular formula is C16H23N3O2. The van der Waals surface area contributed by atoms with Gasteiger partial charge in [-0.25, -0.2) is 0 Å². The standard InChI is InChI=1S/C16H23N3O2/c1-18-9-3-6-14(18)15-7-4-10-19(15)16(20)12-21-13-5-2-8-17-11-13/h2,5,8,11,14-15H,3-4,6-7,9-10,12H2,1H3/t14-,15+/m1/s1. The van der Waals surface area contributed by atoms with Crippen LogP contribution in [0.5, 0.6) is 5.75 Å². The predicted octanol–water partition coefficient (Wildman–Crippen LogP) is 1.55. The fourth-order valence-electron chi connectivity index (χ4n) is 3.58. The van der Waals surface area contributed by atoms with Crippen LogP contribution in [0, 0.1) is 0 Å². The van der Waals surface area contributed by atoms with Crippen molar-refractivity contribution in [2.75, 3.05) is 26.7 Å². The summed E-state index contributed by atoms with van der Waals surface area (Å²) in [5, 5.41) is 0. The first-order valence-corrected chi connectivity index (χ1v) is 7.78. The predicted molar refractivity (Wildman–Crippen MR) is 80.1 cm³/mol. The molecule has 0 bridgehead atoms. The van der Waals surface area contributed by atoms with Crippen LogP contribution >= 0.6 is 0 Å². The maximum absolute atomic E-state index is 12.5. The summed E-state index contributed by atoms with van der Waals surface area (Å²) >= 11 is 0. The minimum Gasteiger partial charge on any atom is -0.482 e. The molecule has 0 unspecified atom stereocenters. The van der Waals surface area contributed by atoms with E-state index in [1.807, 2.05) is 17.0 Å². The summed E-state index contributed by atoms with van der Waals surface area (Å²) < 4.78 is 5.55. The zero-order valence-corrected chi connectivity index (χ0v) is 12.6. The minimum absolute atomic E-state index is 0.0988. The van der Waals surface area contributed by atoms with Crippen LogP contribution in [0.15, 0.2) is 24.5 Å². The maximum Gasteiger partial charge on any atom is 0.260 e. The molecule has 2 atom stereocenters. The number of pyridine rings is 1. The fraction of sp³-hybridized carbons (Fsp3) is 0.625. The van der Waals surface area contributed by atoms with Crippen LogP contribution in [0.3, 0.4) is 0 Å². The van der Waals surface area contributed by atoms with E-state index in [1.165, 1.54) is 12.8 Å². The number of amides is 1. The van der Waals surface area contributed by atoms with Crippen molar-refractivity contribution < 1.29 is 9.53 Å². The number of likely N-dealkylation sites (tertiary alicyclic amines) is 2. The lowest BCUT2D eigenvalue weighted by Gasteiger charge is -2.33. The molecule has 2 aliphatic rings. The van der Waals surface area contributed by atoms with Crippen molar-refractivity contribution in [3.63, 3.8) is 0 Å². The molecular weight excluding hydrogens is 266 g/mol. The van der Waals surface area contributed by atoms with E-state index in [4.69, 9.17) is 4.74 Å². The SMILES string of the molecule is CN1CCC[C@@H]1[C@@H]1CCCN1C(=O)COc1cccnc1. The summed E-state index contributed by atoms with van der Waals surface area (Å²) in [7, 11) is 2.17. The molecule has 0 saturated carbocycles. The Morgan fingerprint density at radius 3 is 2.86 bits per heavy atom. The van der Waals surface area contributed by atoms with Crippen LogP contribution in [-0.4, -0.2) is 59.5 Å². The smallest absolute Gasteiger partial charge is 0.260 e. The lowest BCUT2D eigenvalue weighted by atomic mass is 10.0. The number of nitrogens with zero attached hydrogens (tertiary/aromatic N) is 3. The van der Waals surface area contributed by atoms with Gasteiger partial charge in [-0.3, -0.25) is 9.78 Å². The van der Waals surface area contributed by atoms with Gasteiger partial charge in [0, 0.05) is 24.8 Å². The Labute approximate surface area is 125 Å². The van der Waals surface area contributed by atoms with Crippen LogP contribution in [0.25, 0.3) is 0 Å². The number of carbonyl (C=O) groups is 1. The zero-order valence-electron chi connectivity index (χ0n) is 12.6. The van der Waals surface area contributed by atoms with Gasteiger partial charge in [-0.1, -0.05) is 0 Å². The second-order valence-electron chi connectivity index (χ2n) is 5.96. The van der Waals surface area contributed by atoms with Crippen molar-refractivity contribution in [2.24, 2.45) is 0 Å². The van der Waals surface area contributed by atoms with Crippen molar-refractivity contribution in [1.82, 2.24) is 14.8 Å². The number of aromatic nitrogens is 1. The molecule has 0 N–H and O–H groups in total. The molecule has 0 spiro atoms. The minimum atomic E-state index is 0.0988. The summed E-state index contributed by atoms with van der Waals surface area (Å²) in [5.74, 6) is 0.751. The molecule has 114 valence electrons. The first kappa shape index (κ1) is 14.3. The number of rotatable bonds is 4. The van der Waals surface area contributed by atoms with Crippen LogP contribution in [-0.2, 0) is 4.79 Å². The normalized spacial score (nSPS) is 26.2. The highest BCUT2D eigenvalue weighted by molar-refractivity contribution is 5.78. The van der Waals surface area contributed by atoms with Gasteiger partial charge in [-0.2, -0.15) is 0 Å². The van der Waals surface area contributed by atoms with Gasteiger partial charge < -0.3 is 14.5 Å². The van der Waals surface area contributed by atoms with Gasteiger partial charge in [-0.15, -0.1) is 0 Å². The average molecular weight is 289 g/mol. The van der Waals surface area contributed by atoms with E-state index in [9.17, 15) is 4.79 Å². The molecule has 5 nitrogen and oxygen atoms in total. The van der Waals surface area contributed by atoms with E-state index >= 15 is 0 Å². The highest BCUT2D eigenvalue weighted by Gasteiger charge is 2.38. The van der Waals surface area contributed by atoms with Gasteiger partial charge >= 0.3 is 0 Å². The molecule has 1 amide bonds. The van der Waals surface area contributed by atoms with Crippen LogP contribution in [0.2, 0.25) is 0 Å². The molecule has 3 rings (SSSR count). The van der Waals surface area contributed by atoms with E-state index in [1.54, 1.807) is 12.4 Å². The lowest BCUT2D eigenvalue weighted by molar-refractivity contribution is -0.135. The van der Waals surface area contributed by atoms with E-state index in [0.29, 0.717) is 17.8 Å². The summed E-state index contributed by atoms with van der Waals surface area (Å²) in [6.45, 7) is 2.12. The van der Waals surface area contributed by atoms with Gasteiger partial charge in [0.15, 0.2) is 6.61 Å². The molecule has 2 saturated heterocycles. The number of hydrogen-bond donors (Lipinski definition) is 0. The number of carbonyl (C=O) groups excluding carboxylic acids is 1. The Kier molecular flexibility index (Phi) is 4.39. The zero-order chi connectivity index (χ0) is 14.7. The topological polar surface area (TPSA) is 45.7 Å². The Hall–Kier alpha value is -1.62. The molecule has 2 aliphatic heterocycles. The van der Waals surface area contributed by atoms with E-state index in [0.717, 1.165) is 25.9 Å². The second-order valence-corrected chi connectivity index (χ2v) is 5.96. The third-order valence-electron chi connectivity index (χ3n) is 4.64. The quantitative estimate of drug-likeness (QED) is 0.843. The molecule has 3 heterocycles. The van der Waals surface area contributed by atoms with Crippen molar-refractivity contribution in [2.45, 2.75) is 37.8 Å². The summed E-state index contributed by atoms with van der Waals surface area (Å²) in [6, 6.07) is 4.52. The van der Waals surface area contributed by atoms with Gasteiger partial charge in [-0.05, 0) is 51.4 Å². The van der Waals surface area contributed by atoms with Gasteiger partial charge in [0.25, 0.3) is 5.91 Å². The van der Waals surface area contributed by atoms with Crippen LogP contribution < -0.4 is 4.74 Å². The van der Waals surface area contributed by atoms with Crippen molar-refractivity contribution in [3.8, 4) is 5.75 Å². The first-order chi connectivity index (χ1) is 10.3. The van der Waals surface area contributed by atoms with Crippen LogP contribution in [0.4, 0.5) is 0 Å². The molecule has 2 fully saturated rings. The van der Waals surface area contributed by atoms with Crippen molar-refractivity contribution >= 4 is 5.91 Å². The molecule has 1 aromatic rings. The molecule has 21 heavy (non-hydrogen) atoms. The fourth-order valence-corrected chi connectivity index (χ4v) is 3.58. The largest absolute Gasteiger partial charge is 0.482 e. The average Bonchev–Trinajstić information content (AvgIpc) is 3.14. The monoisotopic (exact) mass is 289 g/mol. The van der Waals surface area contributed by atoms with Crippen LogP contribution in [0.1, 0.15) is 25.7 Å².